The third-order valence-corrected chi connectivity index (χ3v) is 4.95. The minimum Gasteiger partial charge on any atom is -0.508 e. The van der Waals surface area contributed by atoms with Crippen molar-refractivity contribution in [3.63, 3.8) is 0 Å². The van der Waals surface area contributed by atoms with E-state index in [1.54, 1.807) is 37.3 Å². The number of halogens is 1. The van der Waals surface area contributed by atoms with Crippen molar-refractivity contribution in [2.24, 2.45) is 0 Å². The van der Waals surface area contributed by atoms with Crippen LogP contribution in [0.5, 0.6) is 5.75 Å². The Balaban J connectivity index is 1.73. The fourth-order valence-electron chi connectivity index (χ4n) is 3.10. The molecule has 8 nitrogen and oxygen atoms in total. The third kappa shape index (κ3) is 6.13. The van der Waals surface area contributed by atoms with Gasteiger partial charge in [0.25, 0.3) is 0 Å². The van der Waals surface area contributed by atoms with Gasteiger partial charge in [-0.05, 0) is 66.1 Å². The number of nitrogens with zero attached hydrogens (tertiary/aromatic N) is 5. The van der Waals surface area contributed by atoms with Gasteiger partial charge in [0.1, 0.15) is 5.75 Å². The van der Waals surface area contributed by atoms with Crippen LogP contribution in [0.4, 0.5) is 0 Å². The fraction of sp³-hybridized carbons (Fsp3) is 0.273. The van der Waals surface area contributed by atoms with Crippen LogP contribution in [-0.2, 0) is 11.3 Å². The van der Waals surface area contributed by atoms with Gasteiger partial charge in [-0.3, -0.25) is 4.79 Å². The Morgan fingerprint density at radius 1 is 1.29 bits per heavy atom. The Labute approximate surface area is 185 Å². The number of rotatable bonds is 8. The molecule has 1 heterocycles. The normalized spacial score (nSPS) is 12.3. The Morgan fingerprint density at radius 2 is 2.10 bits per heavy atom. The van der Waals surface area contributed by atoms with Crippen LogP contribution in [0, 0.1) is 6.92 Å². The van der Waals surface area contributed by atoms with E-state index in [0.717, 1.165) is 11.1 Å². The summed E-state index contributed by atoms with van der Waals surface area (Å²) in [7, 11) is 0. The average molecular weight is 442 g/mol. The van der Waals surface area contributed by atoms with Crippen LogP contribution >= 0.6 is 11.6 Å². The van der Waals surface area contributed by atoms with Crippen molar-refractivity contribution in [2.75, 3.05) is 13.1 Å². The number of phenols is 1. The maximum atomic E-state index is 12.7. The number of aromatic hydroxyl groups is 1. The highest BCUT2D eigenvalue weighted by molar-refractivity contribution is 6.30. The molecule has 0 saturated heterocycles. The lowest BCUT2D eigenvalue weighted by atomic mass is 10.1. The van der Waals surface area contributed by atoms with E-state index in [4.69, 9.17) is 11.6 Å². The van der Waals surface area contributed by atoms with Gasteiger partial charge in [0.05, 0.1) is 19.2 Å². The lowest BCUT2D eigenvalue weighted by Crippen LogP contribution is -2.33. The van der Waals surface area contributed by atoms with E-state index in [9.17, 15) is 15.0 Å². The van der Waals surface area contributed by atoms with Gasteiger partial charge in [0.15, 0.2) is 5.82 Å². The minimum absolute atomic E-state index is 0.0677. The molecule has 0 saturated carbocycles. The number of aromatic nitrogens is 4. The molecule has 0 aliphatic rings. The van der Waals surface area contributed by atoms with Gasteiger partial charge in [-0.25, -0.2) is 0 Å². The first-order valence-corrected chi connectivity index (χ1v) is 10.2. The summed E-state index contributed by atoms with van der Waals surface area (Å²) in [5.41, 5.74) is 2.19. The first kappa shape index (κ1) is 22.5. The van der Waals surface area contributed by atoms with Gasteiger partial charge in [-0.15, -0.1) is 10.2 Å². The maximum absolute atomic E-state index is 12.7. The number of aliphatic hydroxyl groups is 1. The molecular weight excluding hydrogens is 418 g/mol. The summed E-state index contributed by atoms with van der Waals surface area (Å²) in [4.78, 5) is 15.7. The summed E-state index contributed by atoms with van der Waals surface area (Å²) in [6.45, 7) is 4.50. The van der Waals surface area contributed by atoms with Crippen molar-refractivity contribution in [2.45, 2.75) is 26.5 Å². The van der Waals surface area contributed by atoms with Crippen LogP contribution in [0.1, 0.15) is 35.5 Å². The molecule has 1 aromatic heterocycles. The van der Waals surface area contributed by atoms with E-state index in [1.807, 2.05) is 13.0 Å². The van der Waals surface area contributed by atoms with E-state index in [-0.39, 0.29) is 18.2 Å². The lowest BCUT2D eigenvalue weighted by molar-refractivity contribution is -0.127. The van der Waals surface area contributed by atoms with Gasteiger partial charge < -0.3 is 15.1 Å². The number of carbonyl (C=O) groups is 1. The van der Waals surface area contributed by atoms with Gasteiger partial charge >= 0.3 is 0 Å². The van der Waals surface area contributed by atoms with E-state index < -0.39 is 6.10 Å². The number of tetrazole rings is 1. The van der Waals surface area contributed by atoms with Crippen molar-refractivity contribution in [1.82, 2.24) is 25.1 Å². The fourth-order valence-corrected chi connectivity index (χ4v) is 3.30. The first-order valence-electron chi connectivity index (χ1n) is 9.82. The molecule has 0 aliphatic carbocycles. The number of likely N-dealkylation sites (N-methyl/N-ethyl adjacent to an activating group) is 1. The van der Waals surface area contributed by atoms with E-state index in [2.05, 4.69) is 15.4 Å². The van der Waals surface area contributed by atoms with Crippen LogP contribution in [0.25, 0.3) is 6.08 Å². The highest BCUT2D eigenvalue weighted by atomic mass is 35.5. The van der Waals surface area contributed by atoms with Crippen LogP contribution < -0.4 is 0 Å². The molecule has 1 amide bonds. The zero-order chi connectivity index (χ0) is 22.4. The van der Waals surface area contributed by atoms with Crippen LogP contribution in [0.2, 0.25) is 5.02 Å². The molecule has 2 N–H and O–H groups in total. The SMILES string of the molecule is CCN(CC(O)c1cccc(O)c1)C(=O)C=Cc1ccc(Cl)cc1Cn1nnc(C)n1. The minimum atomic E-state index is -0.905. The predicted octanol–water partition coefficient (Wildman–Crippen LogP) is 2.98. The van der Waals surface area contributed by atoms with Crippen LogP contribution in [0.3, 0.4) is 0 Å². The van der Waals surface area contributed by atoms with Crippen molar-refractivity contribution in [1.29, 1.82) is 0 Å². The largest absolute Gasteiger partial charge is 0.508 e. The number of hydrogen-bond donors (Lipinski definition) is 2. The monoisotopic (exact) mass is 441 g/mol. The molecule has 31 heavy (non-hydrogen) atoms. The molecule has 0 bridgehead atoms. The molecular formula is C22H24ClN5O3. The van der Waals surface area contributed by atoms with Crippen molar-refractivity contribution >= 4 is 23.6 Å². The van der Waals surface area contributed by atoms with Gasteiger partial charge in [0, 0.05) is 17.6 Å². The second-order valence-electron chi connectivity index (χ2n) is 7.03. The highest BCUT2D eigenvalue weighted by Gasteiger charge is 2.16. The molecule has 9 heteroatoms. The van der Waals surface area contributed by atoms with Gasteiger partial charge in [-0.2, -0.15) is 4.80 Å². The Morgan fingerprint density at radius 3 is 2.77 bits per heavy atom. The van der Waals surface area contributed by atoms with E-state index in [0.29, 0.717) is 29.5 Å². The first-order chi connectivity index (χ1) is 14.9. The molecule has 162 valence electrons. The zero-order valence-electron chi connectivity index (χ0n) is 17.3. The molecule has 2 aromatic carbocycles. The Kier molecular flexibility index (Phi) is 7.38. The number of hydrogen-bond acceptors (Lipinski definition) is 6. The molecule has 0 spiro atoms. The van der Waals surface area contributed by atoms with E-state index in [1.165, 1.54) is 27.9 Å². The average Bonchev–Trinajstić information content (AvgIpc) is 3.15. The summed E-state index contributed by atoms with van der Waals surface area (Å²) in [6, 6.07) is 11.7. The molecule has 3 aromatic rings. The molecule has 0 radical (unpaired) electrons. The number of amides is 1. The topological polar surface area (TPSA) is 104 Å². The van der Waals surface area contributed by atoms with Crippen molar-refractivity contribution in [3.8, 4) is 5.75 Å². The number of benzene rings is 2. The second-order valence-corrected chi connectivity index (χ2v) is 7.47. The van der Waals surface area contributed by atoms with Crippen LogP contribution in [0.15, 0.2) is 48.5 Å². The number of aryl methyl sites for hydroxylation is 1. The standard InChI is InChI=1S/C22H24ClN5O3/c1-3-27(14-21(30)17-5-4-6-20(29)12-17)22(31)10-8-16-7-9-19(23)11-18(16)13-28-25-15(2)24-26-28/h4-12,21,29-30H,3,13-14H2,1-2H3. The van der Waals surface area contributed by atoms with Crippen molar-refractivity contribution < 1.29 is 15.0 Å². The van der Waals surface area contributed by atoms with Gasteiger partial charge in [0.2, 0.25) is 5.91 Å². The van der Waals surface area contributed by atoms with Crippen molar-refractivity contribution in [3.05, 3.63) is 76.1 Å². The van der Waals surface area contributed by atoms with Crippen LogP contribution in [-0.4, -0.2) is 54.3 Å². The summed E-state index contributed by atoms with van der Waals surface area (Å²) < 4.78 is 0. The zero-order valence-corrected chi connectivity index (χ0v) is 18.1. The Bertz CT molecular complexity index is 1080. The number of carbonyl (C=O) groups excluding carboxylic acids is 1. The Hall–Kier alpha value is -3.23. The summed E-state index contributed by atoms with van der Waals surface area (Å²) >= 11 is 6.14. The highest BCUT2D eigenvalue weighted by Crippen LogP contribution is 2.20. The smallest absolute Gasteiger partial charge is 0.246 e. The maximum Gasteiger partial charge on any atom is 0.246 e. The molecule has 0 fully saturated rings. The quantitative estimate of drug-likeness (QED) is 0.521. The van der Waals surface area contributed by atoms with E-state index >= 15 is 0 Å². The molecule has 1 atom stereocenters. The van der Waals surface area contributed by atoms with Gasteiger partial charge in [-0.1, -0.05) is 29.8 Å². The summed E-state index contributed by atoms with van der Waals surface area (Å²) in [5, 5.41) is 32.6. The second kappa shape index (κ2) is 10.2. The number of phenolic OH excluding ortho intramolecular Hbond substituents is 1. The predicted molar refractivity (Wildman–Crippen MR) is 117 cm³/mol. The summed E-state index contributed by atoms with van der Waals surface area (Å²) in [6.07, 6.45) is 2.27. The molecule has 3 rings (SSSR count). The summed E-state index contributed by atoms with van der Waals surface area (Å²) in [5.74, 6) is 0.397. The molecule has 0 aliphatic heterocycles. The third-order valence-electron chi connectivity index (χ3n) is 4.72. The number of aliphatic hydroxyl groups excluding tert-OH is 1. The molecule has 1 unspecified atom stereocenters. The lowest BCUT2D eigenvalue weighted by Gasteiger charge is -2.23.